The Kier molecular flexibility index (Phi) is 2.40. The van der Waals surface area contributed by atoms with Crippen LogP contribution in [-0.2, 0) is 5.54 Å². The average molecular weight is 226 g/mol. The molecule has 2 N–H and O–H groups in total. The van der Waals surface area contributed by atoms with Crippen molar-refractivity contribution in [2.45, 2.75) is 31.7 Å². The van der Waals surface area contributed by atoms with Crippen molar-refractivity contribution < 1.29 is 0 Å². The summed E-state index contributed by atoms with van der Waals surface area (Å²) in [5.74, 6) is 0.728. The van der Waals surface area contributed by atoms with Gasteiger partial charge in [0.2, 0.25) is 0 Å². The Morgan fingerprint density at radius 2 is 2.18 bits per heavy atom. The van der Waals surface area contributed by atoms with Crippen LogP contribution in [0.5, 0.6) is 0 Å². The molecule has 2 aromatic rings. The fourth-order valence-electron chi connectivity index (χ4n) is 2.94. The van der Waals surface area contributed by atoms with E-state index in [9.17, 15) is 0 Å². The zero-order valence-electron chi connectivity index (χ0n) is 10.2. The van der Waals surface area contributed by atoms with Crippen LogP contribution in [0.4, 0.5) is 0 Å². The van der Waals surface area contributed by atoms with Crippen LogP contribution >= 0.6 is 0 Å². The average Bonchev–Trinajstić information content (AvgIpc) is 2.70. The first-order chi connectivity index (χ1) is 8.17. The topological polar surface area (TPSA) is 38.9 Å². The van der Waals surface area contributed by atoms with Crippen molar-refractivity contribution in [3.05, 3.63) is 42.1 Å². The van der Waals surface area contributed by atoms with Crippen molar-refractivity contribution >= 4 is 10.9 Å². The van der Waals surface area contributed by atoms with E-state index in [1.165, 1.54) is 17.4 Å². The third-order valence-corrected chi connectivity index (χ3v) is 3.96. The van der Waals surface area contributed by atoms with Crippen molar-refractivity contribution in [1.29, 1.82) is 0 Å². The van der Waals surface area contributed by atoms with Gasteiger partial charge in [-0.1, -0.05) is 25.1 Å². The molecule has 0 spiro atoms. The van der Waals surface area contributed by atoms with Crippen LogP contribution < -0.4 is 5.73 Å². The number of rotatable bonds is 1. The Balaban J connectivity index is 2.06. The predicted molar refractivity (Wildman–Crippen MR) is 70.6 cm³/mol. The van der Waals surface area contributed by atoms with Crippen LogP contribution in [0.2, 0.25) is 0 Å². The molecule has 1 aromatic heterocycles. The van der Waals surface area contributed by atoms with Crippen LogP contribution in [0.15, 0.2) is 36.5 Å². The van der Waals surface area contributed by atoms with Gasteiger partial charge in [-0.05, 0) is 42.9 Å². The molecule has 0 amide bonds. The largest absolute Gasteiger partial charge is 0.321 e. The molecule has 1 aliphatic carbocycles. The van der Waals surface area contributed by atoms with Gasteiger partial charge in [-0.2, -0.15) is 0 Å². The molecule has 2 atom stereocenters. The van der Waals surface area contributed by atoms with Crippen LogP contribution in [0.1, 0.15) is 31.7 Å². The zero-order valence-corrected chi connectivity index (χ0v) is 10.2. The summed E-state index contributed by atoms with van der Waals surface area (Å²) in [7, 11) is 0. The molecule has 1 aromatic carbocycles. The quantitative estimate of drug-likeness (QED) is 0.811. The summed E-state index contributed by atoms with van der Waals surface area (Å²) >= 11 is 0. The smallest absolute Gasteiger partial charge is 0.0702 e. The number of nitrogens with two attached hydrogens (primary N) is 1. The normalized spacial score (nSPS) is 28.7. The molecule has 0 radical (unpaired) electrons. The van der Waals surface area contributed by atoms with Crippen LogP contribution in [0.3, 0.4) is 0 Å². The van der Waals surface area contributed by atoms with Crippen molar-refractivity contribution in [3.63, 3.8) is 0 Å². The Morgan fingerprint density at radius 1 is 1.35 bits per heavy atom. The minimum absolute atomic E-state index is 0.156. The maximum absolute atomic E-state index is 6.52. The zero-order chi connectivity index (χ0) is 11.9. The van der Waals surface area contributed by atoms with E-state index in [0.29, 0.717) is 0 Å². The van der Waals surface area contributed by atoms with Gasteiger partial charge in [-0.15, -0.1) is 0 Å². The third-order valence-electron chi connectivity index (χ3n) is 3.96. The third kappa shape index (κ3) is 1.83. The van der Waals surface area contributed by atoms with Crippen molar-refractivity contribution in [3.8, 4) is 0 Å². The van der Waals surface area contributed by atoms with Gasteiger partial charge in [-0.3, -0.25) is 4.98 Å². The van der Waals surface area contributed by atoms with Crippen molar-refractivity contribution in [2.75, 3.05) is 0 Å². The molecule has 3 rings (SSSR count). The summed E-state index contributed by atoms with van der Waals surface area (Å²) in [6.45, 7) is 2.28. The first kappa shape index (κ1) is 10.7. The van der Waals surface area contributed by atoms with Crippen LogP contribution in [0, 0.1) is 5.92 Å². The summed E-state index contributed by atoms with van der Waals surface area (Å²) in [5.41, 5.74) is 8.61. The lowest BCUT2D eigenvalue weighted by molar-refractivity contribution is 0.440. The highest BCUT2D eigenvalue weighted by Crippen LogP contribution is 2.40. The number of hydrogen-bond donors (Lipinski definition) is 1. The minimum atomic E-state index is -0.156. The van der Waals surface area contributed by atoms with E-state index in [1.54, 1.807) is 0 Å². The lowest BCUT2D eigenvalue weighted by Gasteiger charge is -2.24. The Bertz CT molecular complexity index is 549. The molecule has 17 heavy (non-hydrogen) atoms. The molecular formula is C15H18N2. The Morgan fingerprint density at radius 3 is 2.94 bits per heavy atom. The SMILES string of the molecule is CC1CCC(N)(c2cnc3ccccc3c2)C1. The molecule has 1 saturated carbocycles. The standard InChI is InChI=1S/C15H18N2/c1-11-6-7-15(16,9-11)13-8-12-4-2-3-5-14(12)17-10-13/h2-5,8,10-11H,6-7,9,16H2,1H3. The number of hydrogen-bond acceptors (Lipinski definition) is 2. The van der Waals surface area contributed by atoms with E-state index in [0.717, 1.165) is 24.3 Å². The fraction of sp³-hybridized carbons (Fsp3) is 0.400. The number of pyridine rings is 1. The predicted octanol–water partition coefficient (Wildman–Crippen LogP) is 3.21. The monoisotopic (exact) mass is 226 g/mol. The van der Waals surface area contributed by atoms with E-state index in [4.69, 9.17) is 5.73 Å². The molecule has 2 nitrogen and oxygen atoms in total. The summed E-state index contributed by atoms with van der Waals surface area (Å²) in [5, 5.41) is 1.19. The van der Waals surface area contributed by atoms with Crippen molar-refractivity contribution in [2.24, 2.45) is 11.7 Å². The van der Waals surface area contributed by atoms with Gasteiger partial charge in [0.1, 0.15) is 0 Å². The second-order valence-electron chi connectivity index (χ2n) is 5.42. The molecule has 0 bridgehead atoms. The molecule has 0 aliphatic heterocycles. The van der Waals surface area contributed by atoms with Gasteiger partial charge < -0.3 is 5.73 Å². The van der Waals surface area contributed by atoms with Crippen LogP contribution in [0.25, 0.3) is 10.9 Å². The molecule has 1 heterocycles. The highest BCUT2D eigenvalue weighted by atomic mass is 14.8. The number of para-hydroxylation sites is 1. The van der Waals surface area contributed by atoms with E-state index < -0.39 is 0 Å². The molecule has 1 aliphatic rings. The Hall–Kier alpha value is -1.41. The highest BCUT2D eigenvalue weighted by molar-refractivity contribution is 5.79. The second-order valence-corrected chi connectivity index (χ2v) is 5.42. The second kappa shape index (κ2) is 3.81. The summed E-state index contributed by atoms with van der Waals surface area (Å²) in [6.07, 6.45) is 5.34. The maximum Gasteiger partial charge on any atom is 0.0702 e. The van der Waals surface area contributed by atoms with Gasteiger partial charge >= 0.3 is 0 Å². The Labute approximate surface area is 102 Å². The van der Waals surface area contributed by atoms with Gasteiger partial charge in [0.05, 0.1) is 5.52 Å². The highest BCUT2D eigenvalue weighted by Gasteiger charge is 2.35. The number of nitrogens with zero attached hydrogens (tertiary/aromatic N) is 1. The van der Waals surface area contributed by atoms with Crippen molar-refractivity contribution in [1.82, 2.24) is 4.98 Å². The lowest BCUT2D eigenvalue weighted by Crippen LogP contribution is -2.33. The molecule has 0 saturated heterocycles. The first-order valence-electron chi connectivity index (χ1n) is 6.31. The van der Waals surface area contributed by atoms with E-state index in [2.05, 4.69) is 24.0 Å². The first-order valence-corrected chi connectivity index (χ1v) is 6.31. The summed E-state index contributed by atoms with van der Waals surface area (Å²) in [4.78, 5) is 4.52. The van der Waals surface area contributed by atoms with Gasteiger partial charge in [-0.25, -0.2) is 0 Å². The number of benzene rings is 1. The minimum Gasteiger partial charge on any atom is -0.321 e. The lowest BCUT2D eigenvalue weighted by atomic mass is 9.89. The molecule has 1 fully saturated rings. The maximum atomic E-state index is 6.52. The number of fused-ring (bicyclic) bond motifs is 1. The molecule has 2 heteroatoms. The van der Waals surface area contributed by atoms with E-state index >= 15 is 0 Å². The van der Waals surface area contributed by atoms with Gasteiger partial charge in [0.25, 0.3) is 0 Å². The van der Waals surface area contributed by atoms with Crippen LogP contribution in [-0.4, -0.2) is 4.98 Å². The molecule has 2 unspecified atom stereocenters. The van der Waals surface area contributed by atoms with E-state index in [-0.39, 0.29) is 5.54 Å². The van der Waals surface area contributed by atoms with Gasteiger partial charge in [0, 0.05) is 17.1 Å². The summed E-state index contributed by atoms with van der Waals surface area (Å²) in [6, 6.07) is 10.4. The molecule has 88 valence electrons. The number of aromatic nitrogens is 1. The fourth-order valence-corrected chi connectivity index (χ4v) is 2.94. The van der Waals surface area contributed by atoms with E-state index in [1.807, 2.05) is 24.4 Å². The molecular weight excluding hydrogens is 208 g/mol. The van der Waals surface area contributed by atoms with Gasteiger partial charge in [0.15, 0.2) is 0 Å². The summed E-state index contributed by atoms with van der Waals surface area (Å²) < 4.78 is 0.